The standard InChI is InChI=1S/C18H21NO5/c1-2-24-18(23)10-5-7-13(8-6-10)19-16(20)14-11-3-4-12(9-11)15(14)17(21)22/h5-8,11-12,14-15H,2-4,9H2,1H3,(H,19,20)(H,21,22)/p-1/t11-,12+,14-,15+/m1/s1. The van der Waals surface area contributed by atoms with Gasteiger partial charge in [0.15, 0.2) is 0 Å². The highest BCUT2D eigenvalue weighted by atomic mass is 16.5. The zero-order chi connectivity index (χ0) is 17.3. The molecule has 3 rings (SSSR count). The Bertz CT molecular complexity index is 654. The van der Waals surface area contributed by atoms with Crippen molar-refractivity contribution in [1.82, 2.24) is 0 Å². The number of carboxylic acid groups (broad SMARTS) is 1. The van der Waals surface area contributed by atoms with Gasteiger partial charge in [0.05, 0.1) is 12.2 Å². The van der Waals surface area contributed by atoms with E-state index in [0.717, 1.165) is 19.3 Å². The van der Waals surface area contributed by atoms with Crippen LogP contribution in [0.3, 0.4) is 0 Å². The van der Waals surface area contributed by atoms with Gasteiger partial charge in [0, 0.05) is 23.5 Å². The molecule has 1 aromatic rings. The van der Waals surface area contributed by atoms with Gasteiger partial charge in [-0.2, -0.15) is 0 Å². The summed E-state index contributed by atoms with van der Waals surface area (Å²) in [6.45, 7) is 2.03. The lowest BCUT2D eigenvalue weighted by Crippen LogP contribution is -2.43. The summed E-state index contributed by atoms with van der Waals surface area (Å²) in [5.74, 6) is -2.86. The number of aliphatic carboxylic acids is 1. The summed E-state index contributed by atoms with van der Waals surface area (Å²) in [7, 11) is 0. The maximum absolute atomic E-state index is 12.5. The predicted octanol–water partition coefficient (Wildman–Crippen LogP) is 1.21. The van der Waals surface area contributed by atoms with E-state index < -0.39 is 23.8 Å². The third kappa shape index (κ3) is 3.00. The van der Waals surface area contributed by atoms with Crippen molar-refractivity contribution in [3.63, 3.8) is 0 Å². The Morgan fingerprint density at radius 1 is 1.12 bits per heavy atom. The molecule has 0 unspecified atom stereocenters. The highest BCUT2D eigenvalue weighted by Crippen LogP contribution is 2.52. The topological polar surface area (TPSA) is 95.5 Å². The van der Waals surface area contributed by atoms with Crippen molar-refractivity contribution < 1.29 is 24.2 Å². The lowest BCUT2D eigenvalue weighted by molar-refractivity contribution is -0.314. The quantitative estimate of drug-likeness (QED) is 0.819. The van der Waals surface area contributed by atoms with Crippen LogP contribution in [0, 0.1) is 23.7 Å². The first kappa shape index (κ1) is 16.5. The summed E-state index contributed by atoms with van der Waals surface area (Å²) in [6, 6.07) is 6.38. The Morgan fingerprint density at radius 2 is 1.75 bits per heavy atom. The van der Waals surface area contributed by atoms with Crippen molar-refractivity contribution in [2.75, 3.05) is 11.9 Å². The summed E-state index contributed by atoms with van der Waals surface area (Å²) >= 11 is 0. The number of ether oxygens (including phenoxy) is 1. The zero-order valence-electron chi connectivity index (χ0n) is 13.5. The van der Waals surface area contributed by atoms with Crippen LogP contribution in [0.1, 0.15) is 36.5 Å². The Labute approximate surface area is 140 Å². The highest BCUT2D eigenvalue weighted by molar-refractivity contribution is 5.96. The number of rotatable bonds is 5. The molecule has 2 saturated carbocycles. The first-order valence-electron chi connectivity index (χ1n) is 8.30. The van der Waals surface area contributed by atoms with Crippen LogP contribution in [0.15, 0.2) is 24.3 Å². The van der Waals surface area contributed by atoms with E-state index >= 15 is 0 Å². The minimum Gasteiger partial charge on any atom is -0.550 e. The van der Waals surface area contributed by atoms with Gasteiger partial charge in [0.2, 0.25) is 5.91 Å². The molecule has 0 radical (unpaired) electrons. The Hall–Kier alpha value is -2.37. The molecule has 6 heteroatoms. The fourth-order valence-corrected chi connectivity index (χ4v) is 4.14. The van der Waals surface area contributed by atoms with E-state index in [-0.39, 0.29) is 17.7 Å². The molecular formula is C18H20NO5-. The maximum Gasteiger partial charge on any atom is 0.338 e. The van der Waals surface area contributed by atoms with E-state index in [0.29, 0.717) is 17.9 Å². The van der Waals surface area contributed by atoms with Crippen LogP contribution in [0.5, 0.6) is 0 Å². The number of anilines is 1. The van der Waals surface area contributed by atoms with Gasteiger partial charge in [0.1, 0.15) is 0 Å². The minimum absolute atomic E-state index is 0.0574. The molecule has 0 saturated heterocycles. The van der Waals surface area contributed by atoms with Crippen molar-refractivity contribution in [2.24, 2.45) is 23.7 Å². The van der Waals surface area contributed by atoms with Crippen molar-refractivity contribution in [1.29, 1.82) is 0 Å². The predicted molar refractivity (Wildman–Crippen MR) is 83.8 cm³/mol. The Balaban J connectivity index is 1.68. The summed E-state index contributed by atoms with van der Waals surface area (Å²) in [5.41, 5.74) is 0.940. The van der Waals surface area contributed by atoms with E-state index in [1.54, 1.807) is 31.2 Å². The van der Waals surface area contributed by atoms with Gasteiger partial charge < -0.3 is 20.0 Å². The molecule has 24 heavy (non-hydrogen) atoms. The first-order valence-corrected chi connectivity index (χ1v) is 8.30. The lowest BCUT2D eigenvalue weighted by atomic mass is 9.78. The fourth-order valence-electron chi connectivity index (χ4n) is 4.14. The molecule has 2 aliphatic rings. The third-order valence-corrected chi connectivity index (χ3v) is 5.15. The van der Waals surface area contributed by atoms with E-state index in [9.17, 15) is 19.5 Å². The molecule has 1 amide bonds. The van der Waals surface area contributed by atoms with Gasteiger partial charge in [-0.1, -0.05) is 0 Å². The second kappa shape index (κ2) is 6.63. The number of fused-ring (bicyclic) bond motifs is 2. The number of carbonyl (C=O) groups excluding carboxylic acids is 3. The van der Waals surface area contributed by atoms with Gasteiger partial charge in [-0.15, -0.1) is 0 Å². The van der Waals surface area contributed by atoms with Crippen molar-refractivity contribution in [3.8, 4) is 0 Å². The van der Waals surface area contributed by atoms with Gasteiger partial charge in [-0.25, -0.2) is 4.79 Å². The van der Waals surface area contributed by atoms with Crippen LogP contribution < -0.4 is 10.4 Å². The number of carbonyl (C=O) groups is 3. The van der Waals surface area contributed by atoms with Crippen molar-refractivity contribution in [2.45, 2.75) is 26.2 Å². The Morgan fingerprint density at radius 3 is 2.33 bits per heavy atom. The number of esters is 1. The van der Waals surface area contributed by atoms with Crippen molar-refractivity contribution in [3.05, 3.63) is 29.8 Å². The van der Waals surface area contributed by atoms with E-state index in [4.69, 9.17) is 4.74 Å². The molecule has 1 aromatic carbocycles. The number of nitrogens with one attached hydrogen (secondary N) is 1. The van der Waals surface area contributed by atoms with E-state index in [1.165, 1.54) is 0 Å². The molecule has 2 fully saturated rings. The van der Waals surface area contributed by atoms with E-state index in [2.05, 4.69) is 5.32 Å². The van der Waals surface area contributed by atoms with Crippen LogP contribution in [0.4, 0.5) is 5.69 Å². The van der Waals surface area contributed by atoms with Gasteiger partial charge in [-0.05, 0) is 62.3 Å². The summed E-state index contributed by atoms with van der Waals surface area (Å²) in [5, 5.41) is 14.2. The number of carboxylic acids is 1. The first-order chi connectivity index (χ1) is 11.5. The number of hydrogen-bond acceptors (Lipinski definition) is 5. The molecule has 2 bridgehead atoms. The summed E-state index contributed by atoms with van der Waals surface area (Å²) in [4.78, 5) is 35.6. The molecule has 0 aromatic heterocycles. The second-order valence-corrected chi connectivity index (χ2v) is 6.49. The third-order valence-electron chi connectivity index (χ3n) is 5.15. The number of amides is 1. The fraction of sp³-hybridized carbons (Fsp3) is 0.500. The average molecular weight is 330 g/mol. The molecule has 128 valence electrons. The molecule has 4 atom stereocenters. The van der Waals surface area contributed by atoms with Gasteiger partial charge in [0.25, 0.3) is 0 Å². The second-order valence-electron chi connectivity index (χ2n) is 6.49. The lowest BCUT2D eigenvalue weighted by Gasteiger charge is -2.30. The molecule has 2 aliphatic carbocycles. The van der Waals surface area contributed by atoms with Gasteiger partial charge in [-0.3, -0.25) is 4.79 Å². The molecule has 0 heterocycles. The van der Waals surface area contributed by atoms with Gasteiger partial charge >= 0.3 is 5.97 Å². The minimum atomic E-state index is -1.12. The molecule has 6 nitrogen and oxygen atoms in total. The Kier molecular flexibility index (Phi) is 4.55. The average Bonchev–Trinajstić information content (AvgIpc) is 3.16. The summed E-state index contributed by atoms with van der Waals surface area (Å²) < 4.78 is 4.91. The normalized spacial score (nSPS) is 27.7. The smallest absolute Gasteiger partial charge is 0.338 e. The summed E-state index contributed by atoms with van der Waals surface area (Å²) in [6.07, 6.45) is 2.55. The maximum atomic E-state index is 12.5. The van der Waals surface area contributed by atoms with Crippen LogP contribution >= 0.6 is 0 Å². The molecule has 1 N–H and O–H groups in total. The monoisotopic (exact) mass is 330 g/mol. The number of hydrogen-bond donors (Lipinski definition) is 1. The largest absolute Gasteiger partial charge is 0.550 e. The SMILES string of the molecule is CCOC(=O)c1ccc(NC(=O)[C@@H]2[C@@H]3CC[C@@H](C3)[C@@H]2C(=O)[O-])cc1. The van der Waals surface area contributed by atoms with Crippen LogP contribution in [-0.2, 0) is 14.3 Å². The van der Waals surface area contributed by atoms with Crippen LogP contribution in [0.2, 0.25) is 0 Å². The number of benzene rings is 1. The highest BCUT2D eigenvalue weighted by Gasteiger charge is 2.51. The molecule has 0 aliphatic heterocycles. The van der Waals surface area contributed by atoms with Crippen LogP contribution in [-0.4, -0.2) is 24.5 Å². The molecule has 0 spiro atoms. The zero-order valence-corrected chi connectivity index (χ0v) is 13.5. The van der Waals surface area contributed by atoms with Crippen molar-refractivity contribution >= 4 is 23.5 Å². The van der Waals surface area contributed by atoms with E-state index in [1.807, 2.05) is 0 Å². The van der Waals surface area contributed by atoms with Crippen LogP contribution in [0.25, 0.3) is 0 Å². The molecular weight excluding hydrogens is 310 g/mol.